The minimum absolute atomic E-state index is 0.239. The monoisotopic (exact) mass is 376 g/mol. The van der Waals surface area contributed by atoms with Crippen molar-refractivity contribution in [2.75, 3.05) is 19.0 Å². The van der Waals surface area contributed by atoms with Crippen molar-refractivity contribution >= 4 is 22.6 Å². The summed E-state index contributed by atoms with van der Waals surface area (Å²) in [6.07, 6.45) is 6.67. The summed E-state index contributed by atoms with van der Waals surface area (Å²) in [6, 6.07) is 11.9. The van der Waals surface area contributed by atoms with Crippen LogP contribution in [0.3, 0.4) is 0 Å². The number of amides is 1. The molecule has 3 aromatic heterocycles. The molecule has 0 saturated carbocycles. The van der Waals surface area contributed by atoms with E-state index in [0.717, 1.165) is 16.6 Å². The van der Waals surface area contributed by atoms with E-state index < -0.39 is 0 Å². The Kier molecular flexibility index (Phi) is 5.11. The summed E-state index contributed by atoms with van der Waals surface area (Å²) in [5.41, 5.74) is 2.98. The van der Waals surface area contributed by atoms with Gasteiger partial charge in [0.1, 0.15) is 0 Å². The van der Waals surface area contributed by atoms with E-state index in [2.05, 4.69) is 20.5 Å². The average Bonchev–Trinajstić information content (AvgIpc) is 3.33. The quantitative estimate of drug-likeness (QED) is 0.536. The van der Waals surface area contributed by atoms with Crippen LogP contribution in [0.4, 0.5) is 5.69 Å². The molecule has 0 aliphatic carbocycles. The van der Waals surface area contributed by atoms with Crippen LogP contribution < -0.4 is 5.32 Å². The maximum atomic E-state index is 12.5. The van der Waals surface area contributed by atoms with Gasteiger partial charge in [-0.2, -0.15) is 10.2 Å². The minimum atomic E-state index is -0.239. The van der Waals surface area contributed by atoms with Crippen LogP contribution in [0.15, 0.2) is 61.2 Å². The molecule has 0 fully saturated rings. The number of hydrogen-bond acceptors (Lipinski definition) is 5. The van der Waals surface area contributed by atoms with Crippen molar-refractivity contribution in [1.82, 2.24) is 24.5 Å². The van der Waals surface area contributed by atoms with Gasteiger partial charge in [-0.1, -0.05) is 30.3 Å². The molecule has 4 aromatic rings. The molecule has 4 rings (SSSR count). The summed E-state index contributed by atoms with van der Waals surface area (Å²) in [5, 5.41) is 12.2. The zero-order valence-electron chi connectivity index (χ0n) is 15.4. The van der Waals surface area contributed by atoms with E-state index >= 15 is 0 Å². The zero-order valence-corrected chi connectivity index (χ0v) is 15.4. The summed E-state index contributed by atoms with van der Waals surface area (Å²) in [6.45, 7) is 1.81. The van der Waals surface area contributed by atoms with E-state index in [9.17, 15) is 4.79 Å². The first-order valence-corrected chi connectivity index (χ1v) is 8.91. The molecule has 0 unspecified atom stereocenters. The first-order chi connectivity index (χ1) is 13.7. The smallest absolute Gasteiger partial charge is 0.257 e. The Morgan fingerprint density at radius 1 is 1.14 bits per heavy atom. The van der Waals surface area contributed by atoms with Crippen LogP contribution in [-0.4, -0.2) is 44.2 Å². The van der Waals surface area contributed by atoms with Crippen LogP contribution in [0.5, 0.6) is 0 Å². The molecule has 0 saturated heterocycles. The molecule has 0 bridgehead atoms. The van der Waals surface area contributed by atoms with Crippen LogP contribution in [0.1, 0.15) is 15.9 Å². The fourth-order valence-electron chi connectivity index (χ4n) is 2.91. The molecule has 8 nitrogen and oxygen atoms in total. The number of methoxy groups -OCH3 is 1. The van der Waals surface area contributed by atoms with Crippen LogP contribution >= 0.6 is 0 Å². The number of ether oxygens (including phenoxy) is 1. The average molecular weight is 376 g/mol. The van der Waals surface area contributed by atoms with Crippen molar-refractivity contribution in [3.05, 3.63) is 72.3 Å². The number of benzene rings is 1. The lowest BCUT2D eigenvalue weighted by Gasteiger charge is -2.05. The summed E-state index contributed by atoms with van der Waals surface area (Å²) < 4.78 is 8.56. The molecule has 3 heterocycles. The fraction of sp³-hybridized carbons (Fsp3) is 0.200. The summed E-state index contributed by atoms with van der Waals surface area (Å²) in [4.78, 5) is 17.0. The molecular formula is C20H20N6O2. The number of hydrogen-bond donors (Lipinski definition) is 1. The number of carbonyl (C=O) groups excluding carboxylic acids is 1. The molecule has 1 amide bonds. The molecular weight excluding hydrogens is 356 g/mol. The van der Waals surface area contributed by atoms with Gasteiger partial charge in [-0.25, -0.2) is 9.67 Å². The Bertz CT molecular complexity index is 1090. The van der Waals surface area contributed by atoms with E-state index in [0.29, 0.717) is 30.9 Å². The fourth-order valence-corrected chi connectivity index (χ4v) is 2.91. The van der Waals surface area contributed by atoms with Gasteiger partial charge in [-0.15, -0.1) is 0 Å². The van der Waals surface area contributed by atoms with E-state index in [4.69, 9.17) is 4.74 Å². The van der Waals surface area contributed by atoms with Gasteiger partial charge < -0.3 is 10.1 Å². The van der Waals surface area contributed by atoms with Crippen molar-refractivity contribution in [2.24, 2.45) is 0 Å². The second-order valence-corrected chi connectivity index (χ2v) is 6.36. The minimum Gasteiger partial charge on any atom is -0.383 e. The molecule has 1 N–H and O–H groups in total. The second-order valence-electron chi connectivity index (χ2n) is 6.36. The zero-order chi connectivity index (χ0) is 19.3. The number of nitrogens with zero attached hydrogens (tertiary/aromatic N) is 5. The molecule has 8 heteroatoms. The summed E-state index contributed by atoms with van der Waals surface area (Å²) in [5.74, 6) is -0.239. The molecule has 0 aliphatic rings. The normalized spacial score (nSPS) is 11.0. The van der Waals surface area contributed by atoms with Crippen LogP contribution in [0.25, 0.3) is 11.0 Å². The maximum absolute atomic E-state index is 12.5. The second kappa shape index (κ2) is 8.01. The van der Waals surface area contributed by atoms with Gasteiger partial charge in [0.05, 0.1) is 43.3 Å². The molecule has 0 atom stereocenters. The van der Waals surface area contributed by atoms with Gasteiger partial charge in [0.25, 0.3) is 5.91 Å². The number of nitrogens with one attached hydrogen (secondary N) is 1. The third kappa shape index (κ3) is 3.91. The highest BCUT2D eigenvalue weighted by molar-refractivity contribution is 6.05. The van der Waals surface area contributed by atoms with Gasteiger partial charge in [-0.3, -0.25) is 9.48 Å². The Morgan fingerprint density at radius 3 is 2.82 bits per heavy atom. The number of pyridine rings is 1. The van der Waals surface area contributed by atoms with Crippen molar-refractivity contribution in [3.63, 3.8) is 0 Å². The van der Waals surface area contributed by atoms with E-state index in [1.807, 2.05) is 35.0 Å². The molecule has 0 aliphatic heterocycles. The van der Waals surface area contributed by atoms with E-state index in [-0.39, 0.29) is 5.91 Å². The highest BCUT2D eigenvalue weighted by Crippen LogP contribution is 2.16. The third-order valence-electron chi connectivity index (χ3n) is 4.33. The van der Waals surface area contributed by atoms with Gasteiger partial charge in [0.15, 0.2) is 5.65 Å². The standard InChI is InChI=1S/C20H20N6O2/c1-28-8-7-25-14-18(12-22-25)24-20(27)17-9-16-11-23-26(19(16)21-10-17)13-15-5-3-2-4-6-15/h2-6,9-12,14H,7-8,13H2,1H3,(H,24,27). The molecule has 0 radical (unpaired) electrons. The maximum Gasteiger partial charge on any atom is 0.257 e. The lowest BCUT2D eigenvalue weighted by Crippen LogP contribution is -2.12. The SMILES string of the molecule is COCCn1cc(NC(=O)c2cnc3c(cnn3Cc3ccccc3)c2)cn1. The highest BCUT2D eigenvalue weighted by atomic mass is 16.5. The van der Waals surface area contributed by atoms with Gasteiger partial charge >= 0.3 is 0 Å². The Labute approximate surface area is 161 Å². The van der Waals surface area contributed by atoms with Gasteiger partial charge in [0.2, 0.25) is 0 Å². The number of anilines is 1. The van der Waals surface area contributed by atoms with Crippen LogP contribution in [0.2, 0.25) is 0 Å². The first kappa shape index (κ1) is 17.9. The largest absolute Gasteiger partial charge is 0.383 e. The van der Waals surface area contributed by atoms with Crippen molar-refractivity contribution in [1.29, 1.82) is 0 Å². The highest BCUT2D eigenvalue weighted by Gasteiger charge is 2.12. The first-order valence-electron chi connectivity index (χ1n) is 8.91. The molecule has 28 heavy (non-hydrogen) atoms. The Balaban J connectivity index is 1.48. The van der Waals surface area contributed by atoms with Crippen LogP contribution in [0, 0.1) is 0 Å². The lowest BCUT2D eigenvalue weighted by molar-refractivity contribution is 0.102. The van der Waals surface area contributed by atoms with Gasteiger partial charge in [-0.05, 0) is 11.6 Å². The lowest BCUT2D eigenvalue weighted by atomic mass is 10.2. The number of fused-ring (bicyclic) bond motifs is 1. The van der Waals surface area contributed by atoms with Gasteiger partial charge in [0, 0.05) is 24.9 Å². The van der Waals surface area contributed by atoms with Crippen molar-refractivity contribution in [2.45, 2.75) is 13.1 Å². The van der Waals surface area contributed by atoms with E-state index in [1.165, 1.54) is 0 Å². The summed E-state index contributed by atoms with van der Waals surface area (Å²) >= 11 is 0. The number of rotatable bonds is 7. The van der Waals surface area contributed by atoms with Crippen LogP contribution in [-0.2, 0) is 17.8 Å². The summed E-state index contributed by atoms with van der Waals surface area (Å²) in [7, 11) is 1.64. The molecule has 0 spiro atoms. The third-order valence-corrected chi connectivity index (χ3v) is 4.33. The predicted octanol–water partition coefficient (Wildman–Crippen LogP) is 2.57. The molecule has 1 aromatic carbocycles. The Morgan fingerprint density at radius 2 is 2.00 bits per heavy atom. The predicted molar refractivity (Wildman–Crippen MR) is 105 cm³/mol. The molecule has 142 valence electrons. The van der Waals surface area contributed by atoms with Crippen molar-refractivity contribution < 1.29 is 9.53 Å². The number of aromatic nitrogens is 5. The van der Waals surface area contributed by atoms with E-state index in [1.54, 1.807) is 42.6 Å². The number of carbonyl (C=O) groups is 1. The topological polar surface area (TPSA) is 86.9 Å². The Hall–Kier alpha value is -3.52. The van der Waals surface area contributed by atoms with Crippen molar-refractivity contribution in [3.8, 4) is 0 Å².